The molecule has 54 valence electrons. The van der Waals surface area contributed by atoms with Crippen molar-refractivity contribution in [3.8, 4) is 0 Å². The van der Waals surface area contributed by atoms with Crippen molar-refractivity contribution in [1.29, 1.82) is 0 Å². The molecule has 1 aliphatic carbocycles. The third-order valence-electron chi connectivity index (χ3n) is 1.87. The normalized spacial score (nSPS) is 30.5. The van der Waals surface area contributed by atoms with Crippen LogP contribution in [0.2, 0.25) is 0 Å². The fourth-order valence-corrected chi connectivity index (χ4v) is 1.01. The summed E-state index contributed by atoms with van der Waals surface area (Å²) in [6, 6.07) is 0. The Balaban J connectivity index is 2.75. The molecule has 0 heterocycles. The summed E-state index contributed by atoms with van der Waals surface area (Å²) in [5.74, 6) is 0. The standard InChI is InChI=1S/C9H12O/c1-2-9(8-10)6-4-3-5-7-9/h2-6,10H,1,7-8H2. The van der Waals surface area contributed by atoms with Crippen LogP contribution in [0.4, 0.5) is 0 Å². The maximum Gasteiger partial charge on any atom is 0.0559 e. The highest BCUT2D eigenvalue weighted by Gasteiger charge is 2.21. The second-order valence-electron chi connectivity index (χ2n) is 2.59. The van der Waals surface area contributed by atoms with Gasteiger partial charge >= 0.3 is 0 Å². The summed E-state index contributed by atoms with van der Waals surface area (Å²) in [6.45, 7) is 3.83. The quantitative estimate of drug-likeness (QED) is 0.572. The zero-order chi connectivity index (χ0) is 7.45. The van der Waals surface area contributed by atoms with Gasteiger partial charge in [0, 0.05) is 5.41 Å². The Labute approximate surface area is 61.4 Å². The van der Waals surface area contributed by atoms with Gasteiger partial charge in [-0.05, 0) is 6.42 Å². The summed E-state index contributed by atoms with van der Waals surface area (Å²) >= 11 is 0. The smallest absolute Gasteiger partial charge is 0.0559 e. The SMILES string of the molecule is C=CC1(CO)C=CC=CC1. The topological polar surface area (TPSA) is 20.2 Å². The van der Waals surface area contributed by atoms with E-state index in [0.717, 1.165) is 6.42 Å². The summed E-state index contributed by atoms with van der Waals surface area (Å²) in [5.41, 5.74) is -0.186. The molecule has 0 aromatic carbocycles. The van der Waals surface area contributed by atoms with Crippen molar-refractivity contribution in [2.45, 2.75) is 6.42 Å². The van der Waals surface area contributed by atoms with E-state index in [9.17, 15) is 0 Å². The molecular formula is C9H12O. The summed E-state index contributed by atoms with van der Waals surface area (Å²) in [4.78, 5) is 0. The first-order chi connectivity index (χ1) is 4.83. The van der Waals surface area contributed by atoms with Gasteiger partial charge < -0.3 is 5.11 Å². The minimum atomic E-state index is -0.186. The summed E-state index contributed by atoms with van der Waals surface area (Å²) in [5, 5.41) is 8.99. The van der Waals surface area contributed by atoms with Gasteiger partial charge in [-0.15, -0.1) is 6.58 Å². The molecule has 1 unspecified atom stereocenters. The fourth-order valence-electron chi connectivity index (χ4n) is 1.01. The second-order valence-corrected chi connectivity index (χ2v) is 2.59. The predicted octanol–water partition coefficient (Wildman–Crippen LogP) is 1.67. The minimum Gasteiger partial charge on any atom is -0.395 e. The number of aliphatic hydroxyl groups excluding tert-OH is 1. The van der Waals surface area contributed by atoms with Gasteiger partial charge in [0.25, 0.3) is 0 Å². The van der Waals surface area contributed by atoms with Crippen molar-refractivity contribution in [3.05, 3.63) is 37.0 Å². The van der Waals surface area contributed by atoms with Crippen LogP contribution in [0, 0.1) is 5.41 Å². The average molecular weight is 136 g/mol. The first-order valence-electron chi connectivity index (χ1n) is 3.42. The molecule has 0 aliphatic heterocycles. The second kappa shape index (κ2) is 2.84. The number of rotatable bonds is 2. The molecule has 0 aromatic heterocycles. The number of hydrogen-bond donors (Lipinski definition) is 1. The molecule has 1 aliphatic rings. The molecule has 0 radical (unpaired) electrons. The maximum atomic E-state index is 8.99. The van der Waals surface area contributed by atoms with Gasteiger partial charge in [-0.2, -0.15) is 0 Å². The van der Waals surface area contributed by atoms with Crippen LogP contribution in [0.1, 0.15) is 6.42 Å². The van der Waals surface area contributed by atoms with Crippen LogP contribution in [-0.2, 0) is 0 Å². The van der Waals surface area contributed by atoms with E-state index in [0.29, 0.717) is 0 Å². The lowest BCUT2D eigenvalue weighted by atomic mass is 9.83. The highest BCUT2D eigenvalue weighted by Crippen LogP contribution is 2.27. The molecule has 0 aromatic rings. The average Bonchev–Trinajstić information content (AvgIpc) is 2.06. The molecule has 0 saturated heterocycles. The highest BCUT2D eigenvalue weighted by atomic mass is 16.3. The van der Waals surface area contributed by atoms with E-state index in [4.69, 9.17) is 5.11 Å². The van der Waals surface area contributed by atoms with E-state index < -0.39 is 0 Å². The fraction of sp³-hybridized carbons (Fsp3) is 0.333. The highest BCUT2D eigenvalue weighted by molar-refractivity contribution is 5.21. The van der Waals surface area contributed by atoms with Crippen LogP contribution >= 0.6 is 0 Å². The van der Waals surface area contributed by atoms with Crippen molar-refractivity contribution in [2.75, 3.05) is 6.61 Å². The van der Waals surface area contributed by atoms with Gasteiger partial charge in [-0.3, -0.25) is 0 Å². The maximum absolute atomic E-state index is 8.99. The third kappa shape index (κ3) is 1.19. The van der Waals surface area contributed by atoms with E-state index in [1.54, 1.807) is 6.08 Å². The first-order valence-corrected chi connectivity index (χ1v) is 3.42. The molecule has 0 amide bonds. The van der Waals surface area contributed by atoms with Crippen LogP contribution in [0.15, 0.2) is 37.0 Å². The summed E-state index contributed by atoms with van der Waals surface area (Å²) < 4.78 is 0. The zero-order valence-electron chi connectivity index (χ0n) is 5.96. The van der Waals surface area contributed by atoms with E-state index in [1.165, 1.54) is 0 Å². The van der Waals surface area contributed by atoms with Crippen molar-refractivity contribution in [2.24, 2.45) is 5.41 Å². The molecule has 0 bridgehead atoms. The molecular weight excluding hydrogens is 124 g/mol. The lowest BCUT2D eigenvalue weighted by Crippen LogP contribution is -2.19. The van der Waals surface area contributed by atoms with E-state index in [2.05, 4.69) is 6.58 Å². The van der Waals surface area contributed by atoms with Gasteiger partial charge in [0.05, 0.1) is 6.61 Å². The predicted molar refractivity (Wildman–Crippen MR) is 42.6 cm³/mol. The van der Waals surface area contributed by atoms with Crippen LogP contribution in [0.3, 0.4) is 0 Å². The first kappa shape index (κ1) is 7.29. The number of hydrogen-bond acceptors (Lipinski definition) is 1. The van der Waals surface area contributed by atoms with Crippen molar-refractivity contribution >= 4 is 0 Å². The largest absolute Gasteiger partial charge is 0.395 e. The Hall–Kier alpha value is -0.820. The molecule has 1 nitrogen and oxygen atoms in total. The van der Waals surface area contributed by atoms with Crippen molar-refractivity contribution in [1.82, 2.24) is 0 Å². The van der Waals surface area contributed by atoms with Crippen molar-refractivity contribution < 1.29 is 5.11 Å². The Bertz CT molecular complexity index is 179. The van der Waals surface area contributed by atoms with E-state index >= 15 is 0 Å². The summed E-state index contributed by atoms with van der Waals surface area (Å²) in [7, 11) is 0. The van der Waals surface area contributed by atoms with Crippen molar-refractivity contribution in [3.63, 3.8) is 0 Å². The minimum absolute atomic E-state index is 0.150. The van der Waals surface area contributed by atoms with Crippen LogP contribution < -0.4 is 0 Å². The van der Waals surface area contributed by atoms with Gasteiger partial charge in [-0.25, -0.2) is 0 Å². The molecule has 10 heavy (non-hydrogen) atoms. The lowest BCUT2D eigenvalue weighted by molar-refractivity contribution is 0.207. The molecule has 1 heteroatoms. The Morgan fingerprint density at radius 3 is 2.70 bits per heavy atom. The van der Waals surface area contributed by atoms with E-state index in [1.807, 2.05) is 24.3 Å². The molecule has 0 saturated carbocycles. The van der Waals surface area contributed by atoms with Gasteiger partial charge in [0.2, 0.25) is 0 Å². The third-order valence-corrected chi connectivity index (χ3v) is 1.87. The van der Waals surface area contributed by atoms with E-state index in [-0.39, 0.29) is 12.0 Å². The van der Waals surface area contributed by atoms with Gasteiger partial charge in [0.15, 0.2) is 0 Å². The summed E-state index contributed by atoms with van der Waals surface area (Å²) in [6.07, 6.45) is 10.6. The molecule has 0 spiro atoms. The molecule has 1 atom stereocenters. The van der Waals surface area contributed by atoms with Gasteiger partial charge in [0.1, 0.15) is 0 Å². The monoisotopic (exact) mass is 136 g/mol. The molecule has 1 rings (SSSR count). The van der Waals surface area contributed by atoms with Gasteiger partial charge in [-0.1, -0.05) is 30.4 Å². The van der Waals surface area contributed by atoms with Crippen LogP contribution in [-0.4, -0.2) is 11.7 Å². The Morgan fingerprint density at radius 2 is 2.40 bits per heavy atom. The zero-order valence-corrected chi connectivity index (χ0v) is 5.96. The molecule has 0 fully saturated rings. The van der Waals surface area contributed by atoms with Crippen LogP contribution in [0.25, 0.3) is 0 Å². The number of allylic oxidation sites excluding steroid dienone is 3. The Kier molecular flexibility index (Phi) is 2.07. The molecule has 1 N–H and O–H groups in total. The lowest BCUT2D eigenvalue weighted by Gasteiger charge is -2.24. The Morgan fingerprint density at radius 1 is 1.60 bits per heavy atom. The van der Waals surface area contributed by atoms with Crippen LogP contribution in [0.5, 0.6) is 0 Å². The number of aliphatic hydroxyl groups is 1.